The first-order valence-electron chi connectivity index (χ1n) is 11.0. The van der Waals surface area contributed by atoms with E-state index < -0.39 is 5.97 Å². The van der Waals surface area contributed by atoms with Crippen molar-refractivity contribution in [3.05, 3.63) is 108 Å². The maximum atomic E-state index is 11.4. The van der Waals surface area contributed by atoms with Crippen LogP contribution in [0.3, 0.4) is 0 Å². The molecule has 1 unspecified atom stereocenters. The summed E-state index contributed by atoms with van der Waals surface area (Å²) in [5, 5.41) is 15.0. The van der Waals surface area contributed by atoms with Crippen molar-refractivity contribution in [1.82, 2.24) is 14.9 Å². The Morgan fingerprint density at radius 1 is 1.03 bits per heavy atom. The molecule has 34 heavy (non-hydrogen) atoms. The molecular formula is C27H24N3NaO3. The van der Waals surface area contributed by atoms with Gasteiger partial charge in [-0.05, 0) is 22.8 Å². The number of hydrogen-bond donors (Lipinski definition) is 1. The molecule has 166 valence electrons. The van der Waals surface area contributed by atoms with E-state index >= 15 is 0 Å². The average molecular weight is 461 g/mol. The summed E-state index contributed by atoms with van der Waals surface area (Å²) in [6.07, 6.45) is 4.47. The number of ether oxygens (including phenoxy) is 1. The number of benzene rings is 3. The van der Waals surface area contributed by atoms with Crippen LogP contribution in [0.2, 0.25) is 0 Å². The van der Waals surface area contributed by atoms with Gasteiger partial charge in [0.05, 0.1) is 24.6 Å². The average Bonchev–Trinajstić information content (AvgIpc) is 3.30. The molecule has 2 heterocycles. The molecule has 1 aromatic heterocycles. The molecule has 0 radical (unpaired) electrons. The first-order valence-corrected chi connectivity index (χ1v) is 11.0. The quantitative estimate of drug-likeness (QED) is 0.408. The van der Waals surface area contributed by atoms with Gasteiger partial charge in [-0.25, -0.2) is 4.98 Å². The third-order valence-corrected chi connectivity index (χ3v) is 6.04. The molecule has 0 amide bonds. The van der Waals surface area contributed by atoms with Gasteiger partial charge in [0.25, 0.3) is 0 Å². The van der Waals surface area contributed by atoms with Crippen LogP contribution in [0.4, 0.5) is 0 Å². The molecule has 3 aromatic carbocycles. The molecule has 4 aromatic rings. The second-order valence-electron chi connectivity index (χ2n) is 8.16. The molecular weight excluding hydrogens is 437 g/mol. The van der Waals surface area contributed by atoms with E-state index in [0.717, 1.165) is 24.2 Å². The van der Waals surface area contributed by atoms with Gasteiger partial charge in [-0.15, -0.1) is 0 Å². The van der Waals surface area contributed by atoms with Gasteiger partial charge >= 0.3 is 29.6 Å². The van der Waals surface area contributed by atoms with Crippen molar-refractivity contribution in [2.75, 3.05) is 6.61 Å². The van der Waals surface area contributed by atoms with Crippen LogP contribution in [0.5, 0.6) is 5.75 Å². The Balaban J connectivity index is 0.00000274. The Morgan fingerprint density at radius 2 is 1.79 bits per heavy atom. The van der Waals surface area contributed by atoms with E-state index in [4.69, 9.17) is 4.74 Å². The van der Waals surface area contributed by atoms with Gasteiger partial charge in [0.2, 0.25) is 0 Å². The first kappa shape index (κ1) is 24.2. The Morgan fingerprint density at radius 3 is 2.56 bits per heavy atom. The van der Waals surface area contributed by atoms with Gasteiger partial charge in [0.15, 0.2) is 0 Å². The van der Waals surface area contributed by atoms with Crippen molar-refractivity contribution < 1.29 is 44.2 Å². The number of carboxylic acid groups (broad SMARTS) is 1. The number of aromatic carboxylic acids is 1. The van der Waals surface area contributed by atoms with Crippen LogP contribution < -0.4 is 44.7 Å². The minimum atomic E-state index is -1.22. The maximum Gasteiger partial charge on any atom is 1.00 e. The number of nitrogens with zero attached hydrogens (tertiary/aromatic N) is 2. The molecule has 0 fully saturated rings. The molecule has 1 aliphatic rings. The van der Waals surface area contributed by atoms with E-state index in [-0.39, 0.29) is 41.2 Å². The normalized spacial score (nSPS) is 14.5. The van der Waals surface area contributed by atoms with Crippen LogP contribution in [0.25, 0.3) is 11.1 Å². The Labute approximate surface area is 220 Å². The van der Waals surface area contributed by atoms with Crippen molar-refractivity contribution in [3.8, 4) is 16.9 Å². The topological polar surface area (TPSA) is 79.2 Å². The summed E-state index contributed by atoms with van der Waals surface area (Å²) in [7, 11) is 0. The molecule has 0 bridgehead atoms. The smallest absolute Gasteiger partial charge is 0.545 e. The number of nitrogens with one attached hydrogen (secondary N) is 1. The zero-order chi connectivity index (χ0) is 22.6. The van der Waals surface area contributed by atoms with Crippen molar-refractivity contribution in [1.29, 1.82) is 0 Å². The van der Waals surface area contributed by atoms with E-state index in [1.807, 2.05) is 36.8 Å². The number of carboxylic acids is 1. The summed E-state index contributed by atoms with van der Waals surface area (Å²) in [4.78, 5) is 15.8. The number of para-hydroxylation sites is 1. The molecule has 0 spiro atoms. The summed E-state index contributed by atoms with van der Waals surface area (Å²) in [5.41, 5.74) is 5.61. The molecule has 1 N–H and O–H groups in total. The van der Waals surface area contributed by atoms with Crippen molar-refractivity contribution in [3.63, 3.8) is 0 Å². The Kier molecular flexibility index (Phi) is 7.85. The van der Waals surface area contributed by atoms with Gasteiger partial charge in [0.1, 0.15) is 5.75 Å². The number of rotatable bonds is 7. The molecule has 0 saturated heterocycles. The standard InChI is InChI=1S/C27H25N3O3.Na/c31-27(32)24-8-4-7-23-25(13-14-33-26(23)24)29-16-22-15-28-18-30(22)17-19-9-11-21(12-10-19)20-5-2-1-3-6-20;/h1-12,15,18,25,29H,13-14,16-17H2,(H,31,32);/q;+1/p-1. The predicted octanol–water partition coefficient (Wildman–Crippen LogP) is 0.579. The molecule has 0 aliphatic carbocycles. The minimum Gasteiger partial charge on any atom is -0.545 e. The summed E-state index contributed by atoms with van der Waals surface area (Å²) >= 11 is 0. The first-order chi connectivity index (χ1) is 16.2. The van der Waals surface area contributed by atoms with Crippen LogP contribution in [0, 0.1) is 0 Å². The van der Waals surface area contributed by atoms with Gasteiger partial charge < -0.3 is 24.5 Å². The fourth-order valence-electron chi connectivity index (χ4n) is 4.29. The summed E-state index contributed by atoms with van der Waals surface area (Å²) in [6, 6.07) is 24.1. The van der Waals surface area contributed by atoms with Gasteiger partial charge in [-0.3, -0.25) is 0 Å². The molecule has 1 aliphatic heterocycles. The van der Waals surface area contributed by atoms with Crippen LogP contribution in [0.15, 0.2) is 85.3 Å². The van der Waals surface area contributed by atoms with Gasteiger partial charge in [-0.1, -0.05) is 66.7 Å². The molecule has 1 atom stereocenters. The second kappa shape index (κ2) is 11.0. The molecule has 7 heteroatoms. The van der Waals surface area contributed by atoms with Gasteiger partial charge in [0, 0.05) is 42.9 Å². The van der Waals surface area contributed by atoms with Crippen molar-refractivity contribution >= 4 is 5.97 Å². The molecule has 5 rings (SSSR count). The van der Waals surface area contributed by atoms with E-state index in [2.05, 4.69) is 51.3 Å². The summed E-state index contributed by atoms with van der Waals surface area (Å²) in [5.74, 6) is -0.808. The third kappa shape index (κ3) is 5.26. The zero-order valence-electron chi connectivity index (χ0n) is 19.1. The van der Waals surface area contributed by atoms with Crippen LogP contribution in [-0.2, 0) is 13.1 Å². The monoisotopic (exact) mass is 461 g/mol. The minimum absolute atomic E-state index is 0. The van der Waals surface area contributed by atoms with Crippen molar-refractivity contribution in [2.24, 2.45) is 0 Å². The van der Waals surface area contributed by atoms with Crippen LogP contribution in [0.1, 0.15) is 39.6 Å². The molecule has 0 saturated carbocycles. The molecule has 6 nitrogen and oxygen atoms in total. The van der Waals surface area contributed by atoms with E-state index in [1.54, 1.807) is 6.07 Å². The van der Waals surface area contributed by atoms with E-state index in [1.165, 1.54) is 22.8 Å². The number of hydrogen-bond acceptors (Lipinski definition) is 5. The predicted molar refractivity (Wildman–Crippen MR) is 124 cm³/mol. The Hall–Kier alpha value is -2.90. The van der Waals surface area contributed by atoms with Gasteiger partial charge in [-0.2, -0.15) is 0 Å². The second-order valence-corrected chi connectivity index (χ2v) is 8.16. The maximum absolute atomic E-state index is 11.4. The SMILES string of the molecule is O=C([O-])c1cccc2c1OCCC2NCc1cncn1Cc1ccc(-c2ccccc2)cc1.[Na+]. The Bertz CT molecular complexity index is 1260. The van der Waals surface area contributed by atoms with E-state index in [9.17, 15) is 9.90 Å². The number of imidazole rings is 1. The number of aromatic nitrogens is 2. The zero-order valence-corrected chi connectivity index (χ0v) is 21.1. The fraction of sp³-hybridized carbons (Fsp3) is 0.185. The third-order valence-electron chi connectivity index (χ3n) is 6.04. The largest absolute Gasteiger partial charge is 1.00 e. The fourth-order valence-corrected chi connectivity index (χ4v) is 4.29. The number of carbonyl (C=O) groups is 1. The summed E-state index contributed by atoms with van der Waals surface area (Å²) < 4.78 is 7.78. The van der Waals surface area contributed by atoms with E-state index in [0.29, 0.717) is 18.9 Å². The van der Waals surface area contributed by atoms with Crippen molar-refractivity contribution in [2.45, 2.75) is 25.6 Å². The summed E-state index contributed by atoms with van der Waals surface area (Å²) in [6.45, 7) is 1.80. The van der Waals surface area contributed by atoms with Crippen LogP contribution in [-0.4, -0.2) is 22.1 Å². The number of fused-ring (bicyclic) bond motifs is 1. The number of carbonyl (C=O) groups excluding carboxylic acids is 1. The van der Waals surface area contributed by atoms with Crippen LogP contribution >= 0.6 is 0 Å².